The van der Waals surface area contributed by atoms with Crippen molar-refractivity contribution in [2.24, 2.45) is 5.73 Å². The van der Waals surface area contributed by atoms with Gasteiger partial charge in [0.1, 0.15) is 11.5 Å². The van der Waals surface area contributed by atoms with Crippen molar-refractivity contribution in [1.82, 2.24) is 4.98 Å². The molecule has 0 amide bonds. The van der Waals surface area contributed by atoms with Crippen molar-refractivity contribution in [2.45, 2.75) is 33.1 Å². The Hall–Kier alpha value is -2.46. The van der Waals surface area contributed by atoms with Crippen LogP contribution in [0.4, 0.5) is 0 Å². The lowest BCUT2D eigenvalue weighted by molar-refractivity contribution is 0.340. The van der Waals surface area contributed by atoms with E-state index in [1.165, 1.54) is 22.2 Å². The molecule has 0 aliphatic heterocycles. The number of aromatic amines is 1. The molecular weight excluding hydrogens is 324 g/mol. The Labute approximate surface area is 155 Å². The molecule has 1 aromatic heterocycles. The quantitative estimate of drug-likeness (QED) is 0.538. The molecule has 0 unspecified atom stereocenters. The second-order valence-corrected chi connectivity index (χ2v) is 6.32. The fraction of sp³-hybridized carbons (Fsp3) is 0.364. The highest BCUT2D eigenvalue weighted by molar-refractivity contribution is 5.91. The van der Waals surface area contributed by atoms with Crippen LogP contribution >= 0.6 is 0 Å². The zero-order chi connectivity index (χ0) is 18.4. The molecule has 3 rings (SSSR count). The van der Waals surface area contributed by atoms with E-state index in [1.54, 1.807) is 0 Å². The molecule has 26 heavy (non-hydrogen) atoms. The van der Waals surface area contributed by atoms with Gasteiger partial charge < -0.3 is 20.2 Å². The van der Waals surface area contributed by atoms with Gasteiger partial charge in [-0.15, -0.1) is 0 Å². The molecule has 0 saturated heterocycles. The molecule has 0 aliphatic carbocycles. The third-order valence-electron chi connectivity index (χ3n) is 4.52. The SMILES string of the molecule is CCOc1ccc(-c2[nH]c3ccc(OCC)cc3c2CCCCN)cc1. The maximum absolute atomic E-state index is 5.70. The number of benzene rings is 2. The highest BCUT2D eigenvalue weighted by Gasteiger charge is 2.14. The summed E-state index contributed by atoms with van der Waals surface area (Å²) < 4.78 is 11.3. The molecular formula is C22H28N2O2. The fourth-order valence-electron chi connectivity index (χ4n) is 3.32. The monoisotopic (exact) mass is 352 g/mol. The molecule has 0 bridgehead atoms. The van der Waals surface area contributed by atoms with E-state index >= 15 is 0 Å². The lowest BCUT2D eigenvalue weighted by Crippen LogP contribution is -1.99. The number of hydrogen-bond acceptors (Lipinski definition) is 3. The molecule has 0 saturated carbocycles. The number of H-pyrrole nitrogens is 1. The summed E-state index contributed by atoms with van der Waals surface area (Å²) in [6.45, 7) is 6.08. The Bertz CT molecular complexity index is 837. The van der Waals surface area contributed by atoms with Gasteiger partial charge in [0, 0.05) is 16.6 Å². The number of aromatic nitrogens is 1. The standard InChI is InChI=1S/C22H28N2O2/c1-3-25-17-10-8-16(9-11-17)22-19(7-5-6-14-23)20-15-18(26-4-2)12-13-21(20)24-22/h8-13,15,24H,3-7,14,23H2,1-2H3. The normalized spacial score (nSPS) is 11.0. The van der Waals surface area contributed by atoms with Gasteiger partial charge in [0.25, 0.3) is 0 Å². The van der Waals surface area contributed by atoms with Crippen LogP contribution in [-0.2, 0) is 6.42 Å². The first kappa shape index (κ1) is 18.3. The van der Waals surface area contributed by atoms with Crippen LogP contribution in [-0.4, -0.2) is 24.7 Å². The molecule has 0 spiro atoms. The van der Waals surface area contributed by atoms with Crippen LogP contribution in [0, 0.1) is 0 Å². The van der Waals surface area contributed by atoms with Crippen LogP contribution in [0.1, 0.15) is 32.3 Å². The smallest absolute Gasteiger partial charge is 0.120 e. The number of rotatable bonds is 9. The molecule has 0 radical (unpaired) electrons. The van der Waals surface area contributed by atoms with Crippen LogP contribution < -0.4 is 15.2 Å². The van der Waals surface area contributed by atoms with Gasteiger partial charge in [-0.05, 0) is 93.2 Å². The lowest BCUT2D eigenvalue weighted by atomic mass is 10.00. The maximum Gasteiger partial charge on any atom is 0.120 e. The summed E-state index contributed by atoms with van der Waals surface area (Å²) in [5, 5.41) is 1.23. The molecule has 2 aromatic carbocycles. The summed E-state index contributed by atoms with van der Waals surface area (Å²) in [5.41, 5.74) is 10.5. The van der Waals surface area contributed by atoms with E-state index in [2.05, 4.69) is 29.2 Å². The molecule has 0 atom stereocenters. The molecule has 0 aliphatic rings. The minimum absolute atomic E-state index is 0.671. The first-order valence-electron chi connectivity index (χ1n) is 9.47. The highest BCUT2D eigenvalue weighted by atomic mass is 16.5. The minimum Gasteiger partial charge on any atom is -0.494 e. The average Bonchev–Trinajstić information content (AvgIpc) is 3.01. The highest BCUT2D eigenvalue weighted by Crippen LogP contribution is 2.34. The topological polar surface area (TPSA) is 60.3 Å². The Balaban J connectivity index is 2.02. The zero-order valence-electron chi connectivity index (χ0n) is 15.7. The van der Waals surface area contributed by atoms with Crippen LogP contribution in [0.2, 0.25) is 0 Å². The van der Waals surface area contributed by atoms with E-state index in [4.69, 9.17) is 15.2 Å². The van der Waals surface area contributed by atoms with Gasteiger partial charge in [-0.2, -0.15) is 0 Å². The van der Waals surface area contributed by atoms with Crippen molar-refractivity contribution in [3.05, 3.63) is 48.0 Å². The fourth-order valence-corrected chi connectivity index (χ4v) is 3.32. The van der Waals surface area contributed by atoms with Gasteiger partial charge in [-0.3, -0.25) is 0 Å². The summed E-state index contributed by atoms with van der Waals surface area (Å²) in [6, 6.07) is 14.6. The summed E-state index contributed by atoms with van der Waals surface area (Å²) >= 11 is 0. The van der Waals surface area contributed by atoms with Crippen LogP contribution in [0.25, 0.3) is 22.2 Å². The molecule has 4 nitrogen and oxygen atoms in total. The zero-order valence-corrected chi connectivity index (χ0v) is 15.7. The predicted molar refractivity (Wildman–Crippen MR) is 108 cm³/mol. The van der Waals surface area contributed by atoms with Crippen molar-refractivity contribution >= 4 is 10.9 Å². The number of nitrogens with one attached hydrogen (secondary N) is 1. The molecule has 138 valence electrons. The third-order valence-corrected chi connectivity index (χ3v) is 4.52. The Morgan fingerprint density at radius 3 is 2.27 bits per heavy atom. The summed E-state index contributed by atoms with van der Waals surface area (Å²) in [7, 11) is 0. The molecule has 4 heteroatoms. The first-order chi connectivity index (χ1) is 12.8. The number of hydrogen-bond donors (Lipinski definition) is 2. The van der Waals surface area contributed by atoms with Crippen LogP contribution in [0.3, 0.4) is 0 Å². The van der Waals surface area contributed by atoms with Crippen molar-refractivity contribution in [3.63, 3.8) is 0 Å². The summed E-state index contributed by atoms with van der Waals surface area (Å²) in [5.74, 6) is 1.81. The molecule has 0 fully saturated rings. The second kappa shape index (κ2) is 8.77. The van der Waals surface area contributed by atoms with E-state index < -0.39 is 0 Å². The molecule has 3 aromatic rings. The maximum atomic E-state index is 5.70. The van der Waals surface area contributed by atoms with E-state index in [1.807, 2.05) is 32.0 Å². The number of unbranched alkanes of at least 4 members (excludes halogenated alkanes) is 1. The van der Waals surface area contributed by atoms with Crippen molar-refractivity contribution in [1.29, 1.82) is 0 Å². The van der Waals surface area contributed by atoms with Crippen LogP contribution in [0.15, 0.2) is 42.5 Å². The van der Waals surface area contributed by atoms with E-state index in [-0.39, 0.29) is 0 Å². The summed E-state index contributed by atoms with van der Waals surface area (Å²) in [6.07, 6.45) is 3.10. The van der Waals surface area contributed by atoms with E-state index in [9.17, 15) is 0 Å². The minimum atomic E-state index is 0.671. The van der Waals surface area contributed by atoms with Gasteiger partial charge in [-0.25, -0.2) is 0 Å². The van der Waals surface area contributed by atoms with Gasteiger partial charge in [0.15, 0.2) is 0 Å². The lowest BCUT2D eigenvalue weighted by Gasteiger charge is -2.08. The number of nitrogens with two attached hydrogens (primary N) is 1. The van der Waals surface area contributed by atoms with Gasteiger partial charge >= 0.3 is 0 Å². The average molecular weight is 352 g/mol. The van der Waals surface area contributed by atoms with Gasteiger partial charge in [0.2, 0.25) is 0 Å². The van der Waals surface area contributed by atoms with Gasteiger partial charge in [0.05, 0.1) is 13.2 Å². The first-order valence-corrected chi connectivity index (χ1v) is 9.47. The van der Waals surface area contributed by atoms with Crippen molar-refractivity contribution in [2.75, 3.05) is 19.8 Å². The van der Waals surface area contributed by atoms with E-state index in [0.717, 1.165) is 42.8 Å². The number of aryl methyl sites for hydroxylation is 1. The van der Waals surface area contributed by atoms with Gasteiger partial charge in [-0.1, -0.05) is 0 Å². The predicted octanol–water partition coefficient (Wildman–Crippen LogP) is 4.91. The Kier molecular flexibility index (Phi) is 6.18. The summed E-state index contributed by atoms with van der Waals surface area (Å²) in [4.78, 5) is 3.60. The van der Waals surface area contributed by atoms with Crippen molar-refractivity contribution in [3.8, 4) is 22.8 Å². The number of ether oxygens (including phenoxy) is 2. The molecule has 3 N–H and O–H groups in total. The Morgan fingerprint density at radius 2 is 1.58 bits per heavy atom. The Morgan fingerprint density at radius 1 is 0.885 bits per heavy atom. The van der Waals surface area contributed by atoms with Crippen LogP contribution in [0.5, 0.6) is 11.5 Å². The third kappa shape index (κ3) is 4.02. The second-order valence-electron chi connectivity index (χ2n) is 6.32. The van der Waals surface area contributed by atoms with E-state index in [0.29, 0.717) is 13.2 Å². The largest absolute Gasteiger partial charge is 0.494 e. The number of fused-ring (bicyclic) bond motifs is 1. The molecule has 1 heterocycles. The van der Waals surface area contributed by atoms with Crippen molar-refractivity contribution < 1.29 is 9.47 Å².